The molecule has 0 saturated carbocycles. The van der Waals surface area contributed by atoms with E-state index in [0.717, 1.165) is 36.1 Å². The number of thiophene rings is 1. The number of rotatable bonds is 6. The van der Waals surface area contributed by atoms with Crippen LogP contribution in [0.2, 0.25) is 0 Å². The Morgan fingerprint density at radius 1 is 1.14 bits per heavy atom. The second-order valence-corrected chi connectivity index (χ2v) is 7.48. The van der Waals surface area contributed by atoms with E-state index in [-0.39, 0.29) is 18.7 Å². The lowest BCUT2D eigenvalue weighted by atomic mass is 9.95. The molecule has 0 radical (unpaired) electrons. The summed E-state index contributed by atoms with van der Waals surface area (Å²) in [6, 6.07) is 5.04. The molecule has 0 bridgehead atoms. The fourth-order valence-electron chi connectivity index (χ4n) is 3.11. The summed E-state index contributed by atoms with van der Waals surface area (Å²) in [6.07, 6.45) is 3.72. The summed E-state index contributed by atoms with van der Waals surface area (Å²) in [5.41, 5.74) is 1.65. The lowest BCUT2D eigenvalue weighted by Crippen LogP contribution is -2.33. The van der Waals surface area contributed by atoms with Gasteiger partial charge in [-0.2, -0.15) is 0 Å². The minimum atomic E-state index is -0.480. The van der Waals surface area contributed by atoms with E-state index < -0.39 is 23.6 Å². The third-order valence-corrected chi connectivity index (χ3v) is 5.63. The van der Waals surface area contributed by atoms with Crippen LogP contribution < -0.4 is 10.6 Å². The van der Waals surface area contributed by atoms with E-state index in [1.54, 1.807) is 6.92 Å². The predicted octanol–water partition coefficient (Wildman–Crippen LogP) is 3.31. The molecule has 0 saturated heterocycles. The number of esters is 1. The Morgan fingerprint density at radius 2 is 1.86 bits per heavy atom. The quantitative estimate of drug-likeness (QED) is 0.724. The Labute approximate surface area is 166 Å². The molecule has 3 rings (SSSR count). The van der Waals surface area contributed by atoms with Gasteiger partial charge in [-0.3, -0.25) is 9.59 Å². The van der Waals surface area contributed by atoms with Crippen molar-refractivity contribution in [1.82, 2.24) is 5.32 Å². The Morgan fingerprint density at radius 3 is 2.57 bits per heavy atom. The summed E-state index contributed by atoms with van der Waals surface area (Å²) in [6.45, 7) is 1.73. The number of amides is 2. The number of hydrogen-bond acceptors (Lipinski definition) is 5. The molecule has 0 aliphatic heterocycles. The van der Waals surface area contributed by atoms with Gasteiger partial charge in [-0.05, 0) is 62.4 Å². The highest BCUT2D eigenvalue weighted by Crippen LogP contribution is 2.38. The van der Waals surface area contributed by atoms with Gasteiger partial charge in [-0.15, -0.1) is 11.3 Å². The molecule has 2 amide bonds. The van der Waals surface area contributed by atoms with Crippen LogP contribution in [0.1, 0.15) is 50.9 Å². The number of nitrogens with one attached hydrogen (secondary N) is 2. The Bertz CT molecular complexity index is 892. The summed E-state index contributed by atoms with van der Waals surface area (Å²) < 4.78 is 18.1. The van der Waals surface area contributed by atoms with E-state index in [0.29, 0.717) is 10.6 Å². The van der Waals surface area contributed by atoms with Crippen LogP contribution in [0.4, 0.5) is 9.39 Å². The van der Waals surface area contributed by atoms with Gasteiger partial charge in [0.2, 0.25) is 5.91 Å². The zero-order chi connectivity index (χ0) is 20.1. The van der Waals surface area contributed by atoms with Crippen molar-refractivity contribution in [3.8, 4) is 0 Å². The van der Waals surface area contributed by atoms with Crippen molar-refractivity contribution in [2.24, 2.45) is 0 Å². The molecule has 1 aliphatic rings. The highest BCUT2D eigenvalue weighted by atomic mass is 32.1. The first kappa shape index (κ1) is 20.0. The van der Waals surface area contributed by atoms with E-state index in [4.69, 9.17) is 4.74 Å². The van der Waals surface area contributed by atoms with Crippen molar-refractivity contribution in [2.45, 2.75) is 32.6 Å². The fraction of sp³-hybridized carbons (Fsp3) is 0.350. The Hall–Kier alpha value is -2.74. The number of aryl methyl sites for hydroxylation is 1. The lowest BCUT2D eigenvalue weighted by Gasteiger charge is -2.12. The van der Waals surface area contributed by atoms with Crippen molar-refractivity contribution in [2.75, 3.05) is 18.5 Å². The molecule has 1 heterocycles. The van der Waals surface area contributed by atoms with Gasteiger partial charge in [0.15, 0.2) is 0 Å². The van der Waals surface area contributed by atoms with Crippen molar-refractivity contribution in [3.63, 3.8) is 0 Å². The van der Waals surface area contributed by atoms with Gasteiger partial charge in [0.05, 0.1) is 18.7 Å². The topological polar surface area (TPSA) is 84.5 Å². The third-order valence-electron chi connectivity index (χ3n) is 4.42. The zero-order valence-electron chi connectivity index (χ0n) is 15.5. The van der Waals surface area contributed by atoms with E-state index >= 15 is 0 Å². The minimum Gasteiger partial charge on any atom is -0.462 e. The predicted molar refractivity (Wildman–Crippen MR) is 104 cm³/mol. The second-order valence-electron chi connectivity index (χ2n) is 6.37. The molecule has 148 valence electrons. The van der Waals surface area contributed by atoms with Crippen molar-refractivity contribution >= 4 is 34.1 Å². The molecule has 2 N–H and O–H groups in total. The number of hydrogen-bond donors (Lipinski definition) is 2. The van der Waals surface area contributed by atoms with Gasteiger partial charge in [-0.25, -0.2) is 9.18 Å². The first-order valence-electron chi connectivity index (χ1n) is 9.15. The first-order valence-corrected chi connectivity index (χ1v) is 9.96. The van der Waals surface area contributed by atoms with Crippen LogP contribution in [0.3, 0.4) is 0 Å². The van der Waals surface area contributed by atoms with Gasteiger partial charge < -0.3 is 15.4 Å². The molecular weight excluding hydrogens is 383 g/mol. The van der Waals surface area contributed by atoms with Crippen molar-refractivity contribution in [1.29, 1.82) is 0 Å². The minimum absolute atomic E-state index is 0.255. The molecule has 2 aromatic rings. The largest absolute Gasteiger partial charge is 0.462 e. The van der Waals surface area contributed by atoms with E-state index in [1.165, 1.54) is 35.6 Å². The number of benzene rings is 1. The highest BCUT2D eigenvalue weighted by Gasteiger charge is 2.27. The number of halogens is 1. The molecule has 8 heteroatoms. The van der Waals surface area contributed by atoms with Crippen LogP contribution >= 0.6 is 11.3 Å². The van der Waals surface area contributed by atoms with E-state index in [9.17, 15) is 18.8 Å². The van der Waals surface area contributed by atoms with Crippen LogP contribution in [0.5, 0.6) is 0 Å². The van der Waals surface area contributed by atoms with Crippen LogP contribution in [-0.2, 0) is 22.4 Å². The monoisotopic (exact) mass is 404 g/mol. The van der Waals surface area contributed by atoms with Gasteiger partial charge in [0.25, 0.3) is 5.91 Å². The van der Waals surface area contributed by atoms with Gasteiger partial charge in [0, 0.05) is 10.4 Å². The summed E-state index contributed by atoms with van der Waals surface area (Å²) in [5.74, 6) is -1.80. The molecule has 1 aromatic heterocycles. The highest BCUT2D eigenvalue weighted by molar-refractivity contribution is 7.17. The van der Waals surface area contributed by atoms with E-state index in [2.05, 4.69) is 10.6 Å². The van der Waals surface area contributed by atoms with Crippen molar-refractivity contribution < 1.29 is 23.5 Å². The first-order chi connectivity index (χ1) is 13.5. The molecule has 0 fully saturated rings. The fourth-order valence-corrected chi connectivity index (χ4v) is 4.40. The maximum atomic E-state index is 12.9. The van der Waals surface area contributed by atoms with Crippen LogP contribution in [0, 0.1) is 5.82 Å². The maximum absolute atomic E-state index is 12.9. The summed E-state index contributed by atoms with van der Waals surface area (Å²) in [5, 5.41) is 5.68. The molecule has 0 spiro atoms. The lowest BCUT2D eigenvalue weighted by molar-refractivity contribution is -0.115. The standard InChI is InChI=1S/C20H21FN2O4S/c1-2-27-20(26)17-14-5-3-4-6-15(14)28-19(17)23-16(24)11-22-18(25)12-7-9-13(21)10-8-12/h7-10H,2-6,11H2,1H3,(H,22,25)(H,23,24). The molecule has 1 aliphatic carbocycles. The smallest absolute Gasteiger partial charge is 0.341 e. The molecule has 1 aromatic carbocycles. The molecule has 28 heavy (non-hydrogen) atoms. The number of anilines is 1. The average Bonchev–Trinajstić information content (AvgIpc) is 3.04. The maximum Gasteiger partial charge on any atom is 0.341 e. The third kappa shape index (κ3) is 4.56. The second kappa shape index (κ2) is 8.97. The summed E-state index contributed by atoms with van der Waals surface area (Å²) in [4.78, 5) is 37.9. The normalized spacial score (nSPS) is 12.8. The number of ether oxygens (including phenoxy) is 1. The van der Waals surface area contributed by atoms with Crippen LogP contribution in [0.15, 0.2) is 24.3 Å². The molecule has 6 nitrogen and oxygen atoms in total. The SMILES string of the molecule is CCOC(=O)c1c(NC(=O)CNC(=O)c2ccc(F)cc2)sc2c1CCCC2. The van der Waals surface area contributed by atoms with Gasteiger partial charge in [0.1, 0.15) is 10.8 Å². The summed E-state index contributed by atoms with van der Waals surface area (Å²) >= 11 is 1.39. The summed E-state index contributed by atoms with van der Waals surface area (Å²) in [7, 11) is 0. The van der Waals surface area contributed by atoms with Crippen molar-refractivity contribution in [3.05, 3.63) is 51.7 Å². The number of fused-ring (bicyclic) bond motifs is 1. The molecular formula is C20H21FN2O4S. The molecule has 0 atom stereocenters. The van der Waals surface area contributed by atoms with Crippen LogP contribution in [0.25, 0.3) is 0 Å². The Balaban J connectivity index is 1.68. The van der Waals surface area contributed by atoms with Gasteiger partial charge >= 0.3 is 5.97 Å². The zero-order valence-corrected chi connectivity index (χ0v) is 16.3. The molecule has 0 unspecified atom stereocenters. The average molecular weight is 404 g/mol. The van der Waals surface area contributed by atoms with Crippen LogP contribution in [-0.4, -0.2) is 30.9 Å². The number of carbonyl (C=O) groups is 3. The number of carbonyl (C=O) groups excluding carboxylic acids is 3. The Kier molecular flexibility index (Phi) is 6.41. The van der Waals surface area contributed by atoms with Gasteiger partial charge in [-0.1, -0.05) is 0 Å². The van der Waals surface area contributed by atoms with E-state index in [1.807, 2.05) is 0 Å².